The summed E-state index contributed by atoms with van der Waals surface area (Å²) >= 11 is 0. The number of nitrogens with one attached hydrogen (secondary N) is 1. The predicted octanol–water partition coefficient (Wildman–Crippen LogP) is 3.47. The van der Waals surface area contributed by atoms with Gasteiger partial charge in [-0.2, -0.15) is 0 Å². The zero-order valence-electron chi connectivity index (χ0n) is 22.0. The Morgan fingerprint density at radius 3 is 2.57 bits per heavy atom. The van der Waals surface area contributed by atoms with Crippen molar-refractivity contribution in [2.24, 2.45) is 11.8 Å². The number of rotatable bonds is 4. The number of ether oxygens (including phenoxy) is 2. The van der Waals surface area contributed by atoms with Crippen LogP contribution in [0.5, 0.6) is 5.75 Å². The number of pyridine rings is 1. The molecule has 9 heteroatoms. The average molecular weight is 509 g/mol. The van der Waals surface area contributed by atoms with Crippen LogP contribution in [0.25, 0.3) is 0 Å². The number of methoxy groups -OCH3 is 1. The molecular formula is C28H36N4O5. The summed E-state index contributed by atoms with van der Waals surface area (Å²) in [6.07, 6.45) is 4.24. The molecule has 3 amide bonds. The Labute approximate surface area is 218 Å². The minimum Gasteiger partial charge on any atom is -0.491 e. The van der Waals surface area contributed by atoms with Crippen molar-refractivity contribution in [2.45, 2.75) is 45.3 Å². The van der Waals surface area contributed by atoms with Gasteiger partial charge in [-0.05, 0) is 44.0 Å². The lowest BCUT2D eigenvalue weighted by molar-refractivity contribution is -0.142. The summed E-state index contributed by atoms with van der Waals surface area (Å²) < 4.78 is 11.9. The highest BCUT2D eigenvalue weighted by Gasteiger charge is 2.35. The third kappa shape index (κ3) is 6.10. The van der Waals surface area contributed by atoms with Crippen LogP contribution in [0.4, 0.5) is 5.69 Å². The summed E-state index contributed by atoms with van der Waals surface area (Å²) in [5.41, 5.74) is 1.14. The van der Waals surface area contributed by atoms with Crippen LogP contribution in [0.2, 0.25) is 0 Å². The van der Waals surface area contributed by atoms with Gasteiger partial charge in [0.25, 0.3) is 11.8 Å². The van der Waals surface area contributed by atoms with Gasteiger partial charge in [0.15, 0.2) is 0 Å². The van der Waals surface area contributed by atoms with Gasteiger partial charge in [-0.25, -0.2) is 0 Å². The fourth-order valence-electron chi connectivity index (χ4n) is 4.74. The second kappa shape index (κ2) is 11.7. The molecule has 9 nitrogen and oxygen atoms in total. The van der Waals surface area contributed by atoms with Crippen molar-refractivity contribution in [2.75, 3.05) is 39.2 Å². The highest BCUT2D eigenvalue weighted by atomic mass is 16.5. The van der Waals surface area contributed by atoms with Gasteiger partial charge in [-0.15, -0.1) is 0 Å². The van der Waals surface area contributed by atoms with Gasteiger partial charge in [-0.1, -0.05) is 19.4 Å². The van der Waals surface area contributed by atoms with E-state index in [9.17, 15) is 14.4 Å². The largest absolute Gasteiger partial charge is 0.491 e. The molecule has 1 saturated carbocycles. The Morgan fingerprint density at radius 2 is 1.92 bits per heavy atom. The van der Waals surface area contributed by atoms with Gasteiger partial charge >= 0.3 is 0 Å². The Bertz CT molecular complexity index is 1120. The van der Waals surface area contributed by atoms with Crippen LogP contribution >= 0.6 is 0 Å². The number of carbonyl (C=O) groups excluding carboxylic acids is 3. The molecule has 0 spiro atoms. The van der Waals surface area contributed by atoms with Gasteiger partial charge in [-0.3, -0.25) is 19.4 Å². The lowest BCUT2D eigenvalue weighted by Gasteiger charge is -2.39. The molecule has 198 valence electrons. The second-order valence-electron chi connectivity index (χ2n) is 10.1. The van der Waals surface area contributed by atoms with Crippen LogP contribution < -0.4 is 10.1 Å². The molecule has 0 saturated heterocycles. The van der Waals surface area contributed by atoms with Crippen LogP contribution in [0.1, 0.15) is 54.0 Å². The summed E-state index contributed by atoms with van der Waals surface area (Å²) in [7, 11) is 3.37. The minimum absolute atomic E-state index is 0.0230. The molecule has 0 bridgehead atoms. The van der Waals surface area contributed by atoms with Crippen LogP contribution in [-0.2, 0) is 9.53 Å². The first-order chi connectivity index (χ1) is 17.8. The molecule has 2 aliphatic rings. The topological polar surface area (TPSA) is 101 Å². The van der Waals surface area contributed by atoms with Gasteiger partial charge in [0, 0.05) is 57.0 Å². The molecule has 2 aromatic rings. The van der Waals surface area contributed by atoms with E-state index in [0.717, 1.165) is 19.3 Å². The quantitative estimate of drug-likeness (QED) is 0.679. The Morgan fingerprint density at radius 1 is 1.14 bits per heavy atom. The summed E-state index contributed by atoms with van der Waals surface area (Å²) in [6.45, 7) is 5.13. The molecule has 1 aliphatic heterocycles. The zero-order valence-corrected chi connectivity index (χ0v) is 22.0. The van der Waals surface area contributed by atoms with Crippen molar-refractivity contribution >= 4 is 23.4 Å². The Kier molecular flexibility index (Phi) is 8.43. The van der Waals surface area contributed by atoms with Crippen LogP contribution in [0.15, 0.2) is 42.6 Å². The number of benzene rings is 1. The molecule has 1 aromatic heterocycles. The molecule has 3 atom stereocenters. The lowest BCUT2D eigenvalue weighted by Crippen LogP contribution is -2.51. The first kappa shape index (κ1) is 26.6. The molecule has 1 N–H and O–H groups in total. The maximum absolute atomic E-state index is 13.4. The first-order valence-corrected chi connectivity index (χ1v) is 12.9. The van der Waals surface area contributed by atoms with E-state index < -0.39 is 0 Å². The standard InChI is InChI=1S/C28H36N4O5/c1-18-15-32(27(34)20-8-7-9-20)19(2)17-37-24-14-21(30-26(33)23-10-5-6-13-29-23)11-12-22(24)28(35)31(3)16-25(18)36-4/h5-6,10-14,18-20,25H,7-9,15-17H2,1-4H3,(H,30,33)/t18-,19-,25-/m1/s1. The molecule has 37 heavy (non-hydrogen) atoms. The summed E-state index contributed by atoms with van der Waals surface area (Å²) in [4.78, 5) is 47.0. The highest BCUT2D eigenvalue weighted by Crippen LogP contribution is 2.31. The third-order valence-corrected chi connectivity index (χ3v) is 7.34. The first-order valence-electron chi connectivity index (χ1n) is 12.9. The lowest BCUT2D eigenvalue weighted by atomic mass is 9.83. The number of likely N-dealkylation sites (N-methyl/N-ethyl adjacent to an activating group) is 1. The molecular weight excluding hydrogens is 472 g/mol. The average Bonchev–Trinajstić information content (AvgIpc) is 2.87. The summed E-state index contributed by atoms with van der Waals surface area (Å²) in [5.74, 6) is 0.0220. The van der Waals surface area contributed by atoms with Crippen LogP contribution in [0.3, 0.4) is 0 Å². The number of anilines is 1. The minimum atomic E-state index is -0.361. The van der Waals surface area contributed by atoms with E-state index in [1.54, 1.807) is 61.7 Å². The number of aromatic nitrogens is 1. The SMILES string of the molecule is CO[C@@H]1CN(C)C(=O)c2ccc(NC(=O)c3ccccn3)cc2OC[C@@H](C)N(C(=O)C2CCC2)C[C@H]1C. The van der Waals surface area contributed by atoms with Crippen LogP contribution in [0, 0.1) is 11.8 Å². The van der Waals surface area contributed by atoms with Gasteiger partial charge in [0.1, 0.15) is 18.1 Å². The third-order valence-electron chi connectivity index (χ3n) is 7.34. The van der Waals surface area contributed by atoms with E-state index >= 15 is 0 Å². The summed E-state index contributed by atoms with van der Waals surface area (Å²) in [6, 6.07) is 9.87. The molecule has 0 unspecified atom stereocenters. The van der Waals surface area contributed by atoms with Gasteiger partial charge < -0.3 is 24.6 Å². The monoisotopic (exact) mass is 508 g/mol. The highest BCUT2D eigenvalue weighted by molar-refractivity contribution is 6.03. The van der Waals surface area contributed by atoms with E-state index in [1.807, 2.05) is 11.8 Å². The fourth-order valence-corrected chi connectivity index (χ4v) is 4.74. The van der Waals surface area contributed by atoms with Crippen molar-refractivity contribution in [1.82, 2.24) is 14.8 Å². The van der Waals surface area contributed by atoms with Crippen molar-refractivity contribution in [1.29, 1.82) is 0 Å². The maximum Gasteiger partial charge on any atom is 0.274 e. The molecule has 4 rings (SSSR count). The second-order valence-corrected chi connectivity index (χ2v) is 10.1. The molecule has 0 radical (unpaired) electrons. The van der Waals surface area contributed by atoms with E-state index in [1.165, 1.54) is 0 Å². The number of hydrogen-bond acceptors (Lipinski definition) is 6. The number of fused-ring (bicyclic) bond motifs is 1. The Hall–Kier alpha value is -3.46. The van der Waals surface area contributed by atoms with E-state index in [0.29, 0.717) is 30.1 Å². The van der Waals surface area contributed by atoms with E-state index in [4.69, 9.17) is 9.47 Å². The molecule has 1 aliphatic carbocycles. The van der Waals surface area contributed by atoms with Crippen molar-refractivity contribution in [3.63, 3.8) is 0 Å². The number of nitrogens with zero attached hydrogens (tertiary/aromatic N) is 3. The molecule has 1 fully saturated rings. The van der Waals surface area contributed by atoms with Crippen molar-refractivity contribution in [3.05, 3.63) is 53.9 Å². The normalized spacial score (nSPS) is 23.1. The molecule has 1 aromatic carbocycles. The van der Waals surface area contributed by atoms with Gasteiger partial charge in [0.2, 0.25) is 5.91 Å². The summed E-state index contributed by atoms with van der Waals surface area (Å²) in [5, 5.41) is 2.82. The number of carbonyl (C=O) groups is 3. The number of amides is 3. The van der Waals surface area contributed by atoms with Crippen molar-refractivity contribution < 1.29 is 23.9 Å². The molecule has 2 heterocycles. The number of hydrogen-bond donors (Lipinski definition) is 1. The van der Waals surface area contributed by atoms with E-state index in [2.05, 4.69) is 17.2 Å². The maximum atomic E-state index is 13.4. The Balaban J connectivity index is 1.63. The van der Waals surface area contributed by atoms with E-state index in [-0.39, 0.29) is 54.0 Å². The fraction of sp³-hybridized carbons (Fsp3) is 0.500. The van der Waals surface area contributed by atoms with Crippen LogP contribution in [-0.4, -0.2) is 78.5 Å². The smallest absolute Gasteiger partial charge is 0.274 e. The zero-order chi connectivity index (χ0) is 26.5. The predicted molar refractivity (Wildman–Crippen MR) is 140 cm³/mol. The van der Waals surface area contributed by atoms with Crippen molar-refractivity contribution in [3.8, 4) is 5.75 Å². The van der Waals surface area contributed by atoms with Gasteiger partial charge in [0.05, 0.1) is 17.7 Å².